The predicted molar refractivity (Wildman–Crippen MR) is 49.5 cm³/mol. The zero-order chi connectivity index (χ0) is 9.26. The van der Waals surface area contributed by atoms with E-state index in [4.69, 9.17) is 16.7 Å². The van der Waals surface area contributed by atoms with Crippen LogP contribution < -0.4 is 0 Å². The lowest BCUT2D eigenvalue weighted by Gasteiger charge is -1.96. The highest BCUT2D eigenvalue weighted by atomic mass is 32.1. The molecule has 0 aliphatic carbocycles. The average molecular weight is 193 g/mol. The molecule has 0 N–H and O–H groups in total. The van der Waals surface area contributed by atoms with Crippen LogP contribution >= 0.6 is 12.2 Å². The molecule has 2 aromatic heterocycles. The number of rotatable bonds is 1. The van der Waals surface area contributed by atoms with E-state index in [0.29, 0.717) is 10.7 Å². The molecule has 2 heterocycles. The molecule has 2 aromatic rings. The Labute approximate surface area is 79.8 Å². The molecule has 0 saturated carbocycles. The van der Waals surface area contributed by atoms with Crippen molar-refractivity contribution in [1.82, 2.24) is 14.7 Å². The lowest BCUT2D eigenvalue weighted by Crippen LogP contribution is -1.92. The average Bonchev–Trinajstić information content (AvgIpc) is 2.49. The van der Waals surface area contributed by atoms with Crippen LogP contribution in [0, 0.1) is 4.84 Å². The van der Waals surface area contributed by atoms with E-state index in [9.17, 15) is 0 Å². The Kier molecular flexibility index (Phi) is 1.94. The van der Waals surface area contributed by atoms with Gasteiger partial charge in [-0.15, -0.1) is 0 Å². The standard InChI is InChI=1S/C8H7N3OS/c1-11-7(10-12-8(11)13)6-2-4-9-5-3-6/h2-5H,1H3. The molecule has 0 unspecified atom stereocenters. The highest BCUT2D eigenvalue weighted by molar-refractivity contribution is 7.71. The molecular weight excluding hydrogens is 186 g/mol. The summed E-state index contributed by atoms with van der Waals surface area (Å²) in [5, 5.41) is 3.84. The second kappa shape index (κ2) is 3.10. The summed E-state index contributed by atoms with van der Waals surface area (Å²) in [6, 6.07) is 3.71. The molecule has 0 aliphatic heterocycles. The lowest BCUT2D eigenvalue weighted by molar-refractivity contribution is 0.400. The first kappa shape index (κ1) is 8.12. The third kappa shape index (κ3) is 1.38. The van der Waals surface area contributed by atoms with Crippen LogP contribution in [0.5, 0.6) is 0 Å². The Balaban J connectivity index is 2.60. The molecule has 5 heteroatoms. The second-order valence-electron chi connectivity index (χ2n) is 2.57. The highest BCUT2D eigenvalue weighted by Gasteiger charge is 2.05. The van der Waals surface area contributed by atoms with Crippen molar-refractivity contribution in [3.63, 3.8) is 0 Å². The van der Waals surface area contributed by atoms with Gasteiger partial charge in [0.25, 0.3) is 4.84 Å². The molecule has 13 heavy (non-hydrogen) atoms. The van der Waals surface area contributed by atoms with Crippen LogP contribution in [0.15, 0.2) is 29.0 Å². The van der Waals surface area contributed by atoms with Gasteiger partial charge in [0.05, 0.1) is 0 Å². The van der Waals surface area contributed by atoms with Crippen LogP contribution in [0.1, 0.15) is 0 Å². The number of nitrogens with zero attached hydrogens (tertiary/aromatic N) is 3. The van der Waals surface area contributed by atoms with Crippen LogP contribution in [0.25, 0.3) is 11.4 Å². The van der Waals surface area contributed by atoms with Gasteiger partial charge in [-0.25, -0.2) is 0 Å². The summed E-state index contributed by atoms with van der Waals surface area (Å²) in [6.45, 7) is 0. The summed E-state index contributed by atoms with van der Waals surface area (Å²) in [5.41, 5.74) is 0.942. The minimum absolute atomic E-state index is 0.367. The van der Waals surface area contributed by atoms with Gasteiger partial charge in [-0.1, -0.05) is 5.16 Å². The fourth-order valence-electron chi connectivity index (χ4n) is 1.04. The number of hydrogen-bond donors (Lipinski definition) is 0. The molecule has 2 rings (SSSR count). The van der Waals surface area contributed by atoms with Crippen molar-refractivity contribution in [3.8, 4) is 11.4 Å². The molecule has 0 aromatic carbocycles. The van der Waals surface area contributed by atoms with Crippen LogP contribution in [0.2, 0.25) is 0 Å². The molecule has 0 bridgehead atoms. The maximum absolute atomic E-state index is 4.89. The molecule has 4 nitrogen and oxygen atoms in total. The Bertz CT molecular complexity index is 460. The summed E-state index contributed by atoms with van der Waals surface area (Å²) in [7, 11) is 1.81. The van der Waals surface area contributed by atoms with Gasteiger partial charge in [-0.05, 0) is 24.4 Å². The topological polar surface area (TPSA) is 43.9 Å². The van der Waals surface area contributed by atoms with Gasteiger partial charge >= 0.3 is 0 Å². The maximum atomic E-state index is 4.89. The Morgan fingerprint density at radius 1 is 1.38 bits per heavy atom. The molecule has 66 valence electrons. The highest BCUT2D eigenvalue weighted by Crippen LogP contribution is 2.14. The molecule has 0 atom stereocenters. The number of aromatic nitrogens is 3. The van der Waals surface area contributed by atoms with Crippen molar-refractivity contribution < 1.29 is 4.52 Å². The fraction of sp³-hybridized carbons (Fsp3) is 0.125. The summed E-state index contributed by atoms with van der Waals surface area (Å²) in [6.07, 6.45) is 3.40. The monoisotopic (exact) mass is 193 g/mol. The lowest BCUT2D eigenvalue weighted by atomic mass is 10.2. The van der Waals surface area contributed by atoms with Gasteiger partial charge in [0, 0.05) is 25.0 Å². The van der Waals surface area contributed by atoms with E-state index in [2.05, 4.69) is 10.1 Å². The van der Waals surface area contributed by atoms with E-state index in [1.54, 1.807) is 17.0 Å². The molecular formula is C8H7N3OS. The first-order chi connectivity index (χ1) is 6.29. The van der Waals surface area contributed by atoms with Crippen molar-refractivity contribution in [2.75, 3.05) is 0 Å². The first-order valence-electron chi connectivity index (χ1n) is 3.72. The zero-order valence-electron chi connectivity index (χ0n) is 6.97. The summed E-state index contributed by atoms with van der Waals surface area (Å²) in [5.74, 6) is 0.715. The molecule has 0 spiro atoms. The van der Waals surface area contributed by atoms with Crippen LogP contribution in [-0.4, -0.2) is 14.7 Å². The van der Waals surface area contributed by atoms with E-state index >= 15 is 0 Å². The zero-order valence-corrected chi connectivity index (χ0v) is 7.78. The van der Waals surface area contributed by atoms with Crippen LogP contribution in [0.4, 0.5) is 0 Å². The van der Waals surface area contributed by atoms with Gasteiger partial charge in [-0.2, -0.15) is 0 Å². The van der Waals surface area contributed by atoms with E-state index in [0.717, 1.165) is 5.56 Å². The Morgan fingerprint density at radius 3 is 2.62 bits per heavy atom. The normalized spacial score (nSPS) is 10.2. The first-order valence-corrected chi connectivity index (χ1v) is 4.13. The minimum Gasteiger partial charge on any atom is -0.324 e. The maximum Gasteiger partial charge on any atom is 0.297 e. The van der Waals surface area contributed by atoms with Crippen molar-refractivity contribution in [2.45, 2.75) is 0 Å². The summed E-state index contributed by atoms with van der Waals surface area (Å²) >= 11 is 4.89. The predicted octanol–water partition coefficient (Wildman–Crippen LogP) is 1.80. The van der Waals surface area contributed by atoms with Gasteiger partial charge in [0.1, 0.15) is 0 Å². The molecule has 0 amide bonds. The molecule has 0 saturated heterocycles. The number of hydrogen-bond acceptors (Lipinski definition) is 4. The second-order valence-corrected chi connectivity index (χ2v) is 2.92. The van der Waals surface area contributed by atoms with Crippen LogP contribution in [0.3, 0.4) is 0 Å². The van der Waals surface area contributed by atoms with E-state index in [1.807, 2.05) is 19.2 Å². The van der Waals surface area contributed by atoms with E-state index < -0.39 is 0 Å². The Hall–Kier alpha value is -1.49. The molecule has 0 fully saturated rings. The van der Waals surface area contributed by atoms with Gasteiger partial charge < -0.3 is 4.52 Å². The third-order valence-electron chi connectivity index (χ3n) is 1.74. The van der Waals surface area contributed by atoms with Gasteiger partial charge in [0.2, 0.25) is 0 Å². The summed E-state index contributed by atoms with van der Waals surface area (Å²) in [4.78, 5) is 4.28. The van der Waals surface area contributed by atoms with Crippen molar-refractivity contribution >= 4 is 12.2 Å². The number of pyridine rings is 1. The van der Waals surface area contributed by atoms with Crippen LogP contribution in [-0.2, 0) is 7.05 Å². The van der Waals surface area contributed by atoms with E-state index in [-0.39, 0.29) is 0 Å². The van der Waals surface area contributed by atoms with E-state index in [1.165, 1.54) is 0 Å². The fourth-order valence-corrected chi connectivity index (χ4v) is 1.16. The quantitative estimate of drug-likeness (QED) is 0.648. The van der Waals surface area contributed by atoms with Gasteiger partial charge in [0.15, 0.2) is 5.82 Å². The van der Waals surface area contributed by atoms with Crippen molar-refractivity contribution in [1.29, 1.82) is 0 Å². The van der Waals surface area contributed by atoms with Gasteiger partial charge in [-0.3, -0.25) is 9.55 Å². The largest absolute Gasteiger partial charge is 0.324 e. The van der Waals surface area contributed by atoms with Crippen molar-refractivity contribution in [3.05, 3.63) is 29.4 Å². The summed E-state index contributed by atoms with van der Waals surface area (Å²) < 4.78 is 6.57. The smallest absolute Gasteiger partial charge is 0.297 e. The molecule has 0 radical (unpaired) electrons. The SMILES string of the molecule is Cn1c(-c2ccncc2)noc1=S. The minimum atomic E-state index is 0.367. The molecule has 0 aliphatic rings. The third-order valence-corrected chi connectivity index (χ3v) is 2.09. The van der Waals surface area contributed by atoms with Crippen molar-refractivity contribution in [2.24, 2.45) is 7.05 Å². The Morgan fingerprint density at radius 2 is 2.08 bits per heavy atom.